The van der Waals surface area contributed by atoms with Crippen molar-refractivity contribution in [1.82, 2.24) is 4.57 Å². The van der Waals surface area contributed by atoms with Gasteiger partial charge in [0.1, 0.15) is 12.4 Å². The Kier molecular flexibility index (Phi) is 2.00. The molecule has 0 fully saturated rings. The van der Waals surface area contributed by atoms with Crippen LogP contribution in [-0.4, -0.2) is 4.57 Å². The van der Waals surface area contributed by atoms with E-state index in [1.807, 2.05) is 0 Å². The van der Waals surface area contributed by atoms with Gasteiger partial charge in [0.2, 0.25) is 0 Å². The molecule has 0 N–H and O–H groups in total. The second kappa shape index (κ2) is 2.62. The van der Waals surface area contributed by atoms with Crippen molar-refractivity contribution >= 4 is 0 Å². The minimum Gasteiger partial charge on any atom is -1.00 e. The molecule has 0 amide bonds. The van der Waals surface area contributed by atoms with Crippen LogP contribution in [0.25, 0.3) is 0 Å². The summed E-state index contributed by atoms with van der Waals surface area (Å²) < 4.78 is 4.52. The van der Waals surface area contributed by atoms with Crippen molar-refractivity contribution in [2.75, 3.05) is 0 Å². The van der Waals surface area contributed by atoms with E-state index in [0.29, 0.717) is 0 Å². The fourth-order valence-electron chi connectivity index (χ4n) is 1.49. The van der Waals surface area contributed by atoms with Crippen LogP contribution >= 0.6 is 0 Å². The lowest BCUT2D eigenvalue weighted by Gasteiger charge is -1.84. The van der Waals surface area contributed by atoms with Gasteiger partial charge < -0.3 is 12.4 Å². The monoisotopic (exact) mass is 158 g/mol. The molecule has 2 nitrogen and oxygen atoms in total. The smallest absolute Gasteiger partial charge is 0.256 e. The van der Waals surface area contributed by atoms with E-state index in [-0.39, 0.29) is 12.4 Å². The van der Waals surface area contributed by atoms with Gasteiger partial charge in [-0.15, -0.1) is 0 Å². The van der Waals surface area contributed by atoms with Crippen molar-refractivity contribution in [3.8, 4) is 0 Å². The maximum absolute atomic E-state index is 2.32. The van der Waals surface area contributed by atoms with Gasteiger partial charge in [-0.25, -0.2) is 9.13 Å². The van der Waals surface area contributed by atoms with E-state index in [9.17, 15) is 0 Å². The first-order valence-electron chi connectivity index (χ1n) is 3.41. The number of imidazole rings is 1. The van der Waals surface area contributed by atoms with Gasteiger partial charge in [-0.05, 0) is 6.42 Å². The second-order valence-corrected chi connectivity index (χ2v) is 2.62. The quantitative estimate of drug-likeness (QED) is 0.363. The highest BCUT2D eigenvalue weighted by Gasteiger charge is 2.19. The van der Waals surface area contributed by atoms with Crippen LogP contribution < -0.4 is 17.0 Å². The molecule has 1 aromatic rings. The van der Waals surface area contributed by atoms with Gasteiger partial charge in [0.05, 0.1) is 20.0 Å². The van der Waals surface area contributed by atoms with E-state index in [1.165, 1.54) is 25.2 Å². The first kappa shape index (κ1) is 7.61. The number of hydrogen-bond donors (Lipinski definition) is 0. The summed E-state index contributed by atoms with van der Waals surface area (Å²) >= 11 is 0. The second-order valence-electron chi connectivity index (χ2n) is 2.62. The van der Waals surface area contributed by atoms with Gasteiger partial charge in [-0.2, -0.15) is 0 Å². The third kappa shape index (κ3) is 0.926. The summed E-state index contributed by atoms with van der Waals surface area (Å²) in [7, 11) is 2.11. The third-order valence-corrected chi connectivity index (χ3v) is 2.01. The number of aromatic nitrogens is 2. The van der Waals surface area contributed by atoms with Crippen LogP contribution in [0.2, 0.25) is 0 Å². The van der Waals surface area contributed by atoms with Gasteiger partial charge >= 0.3 is 0 Å². The fourth-order valence-corrected chi connectivity index (χ4v) is 1.49. The number of nitrogens with zero attached hydrogens (tertiary/aromatic N) is 2. The summed E-state index contributed by atoms with van der Waals surface area (Å²) in [5.74, 6) is 1.47. The van der Waals surface area contributed by atoms with Crippen molar-refractivity contribution in [2.45, 2.75) is 19.4 Å². The van der Waals surface area contributed by atoms with E-state index in [1.54, 1.807) is 0 Å². The molecule has 1 aliphatic heterocycles. The number of fused-ring (bicyclic) bond motifs is 1. The van der Waals surface area contributed by atoms with Crippen LogP contribution in [0, 0.1) is 0 Å². The largest absolute Gasteiger partial charge is 1.00 e. The van der Waals surface area contributed by atoms with Crippen LogP contribution in [0.15, 0.2) is 12.4 Å². The number of halogens is 1. The Balaban J connectivity index is 0.000000500. The molecule has 0 spiro atoms. The zero-order chi connectivity index (χ0) is 6.27. The maximum atomic E-state index is 2.32. The summed E-state index contributed by atoms with van der Waals surface area (Å²) in [5.41, 5.74) is 0. The minimum atomic E-state index is 0. The Morgan fingerprint density at radius 1 is 1.60 bits per heavy atom. The zero-order valence-corrected chi connectivity index (χ0v) is 6.80. The zero-order valence-electron chi connectivity index (χ0n) is 6.05. The highest BCUT2D eigenvalue weighted by atomic mass is 35.5. The molecule has 2 heterocycles. The van der Waals surface area contributed by atoms with Crippen molar-refractivity contribution in [2.24, 2.45) is 7.05 Å². The van der Waals surface area contributed by atoms with Crippen molar-refractivity contribution in [1.29, 1.82) is 0 Å². The maximum Gasteiger partial charge on any atom is 0.256 e. The van der Waals surface area contributed by atoms with Crippen molar-refractivity contribution in [3.63, 3.8) is 0 Å². The van der Waals surface area contributed by atoms with Gasteiger partial charge in [-0.3, -0.25) is 0 Å². The molecule has 3 heteroatoms. The Morgan fingerprint density at radius 2 is 2.40 bits per heavy atom. The fraction of sp³-hybridized carbons (Fsp3) is 0.571. The standard InChI is InChI=1S/C7H11N2.ClH/c1-8-5-6-9-4-2-3-7(8)9;/h5-6H,2-4H2,1H3;1H/q+1;/p-1. The predicted octanol–water partition coefficient (Wildman–Crippen LogP) is -2.74. The summed E-state index contributed by atoms with van der Waals surface area (Å²) in [5, 5.41) is 0. The lowest BCUT2D eigenvalue weighted by Crippen LogP contribution is -3.00. The van der Waals surface area contributed by atoms with E-state index < -0.39 is 0 Å². The summed E-state index contributed by atoms with van der Waals surface area (Å²) in [6.45, 7) is 1.22. The molecular weight excluding hydrogens is 148 g/mol. The molecule has 0 aromatic carbocycles. The summed E-state index contributed by atoms with van der Waals surface area (Å²) in [6, 6.07) is 0. The highest BCUT2D eigenvalue weighted by Crippen LogP contribution is 2.08. The molecule has 1 aliphatic rings. The van der Waals surface area contributed by atoms with E-state index in [2.05, 4.69) is 28.6 Å². The van der Waals surface area contributed by atoms with Gasteiger partial charge in [0.25, 0.3) is 5.82 Å². The molecule has 0 aliphatic carbocycles. The Morgan fingerprint density at radius 3 is 3.10 bits per heavy atom. The molecule has 0 unspecified atom stereocenters. The third-order valence-electron chi connectivity index (χ3n) is 2.01. The molecule has 0 saturated heterocycles. The first-order valence-corrected chi connectivity index (χ1v) is 3.41. The van der Waals surface area contributed by atoms with Gasteiger partial charge in [0.15, 0.2) is 0 Å². The summed E-state index contributed by atoms with van der Waals surface area (Å²) in [4.78, 5) is 0. The molecule has 10 heavy (non-hydrogen) atoms. The predicted molar refractivity (Wildman–Crippen MR) is 33.9 cm³/mol. The Labute approximate surface area is 66.9 Å². The van der Waals surface area contributed by atoms with Crippen LogP contribution in [-0.2, 0) is 20.0 Å². The molecule has 0 atom stereocenters. The number of aryl methyl sites for hydroxylation is 2. The first-order chi connectivity index (χ1) is 4.38. The van der Waals surface area contributed by atoms with Gasteiger partial charge in [-0.1, -0.05) is 0 Å². The summed E-state index contributed by atoms with van der Waals surface area (Å²) in [6.07, 6.45) is 6.85. The van der Waals surface area contributed by atoms with E-state index >= 15 is 0 Å². The van der Waals surface area contributed by atoms with Gasteiger partial charge in [0, 0.05) is 0 Å². The topological polar surface area (TPSA) is 8.81 Å². The number of hydrogen-bond acceptors (Lipinski definition) is 0. The van der Waals surface area contributed by atoms with Crippen LogP contribution in [0.3, 0.4) is 0 Å². The number of rotatable bonds is 0. The Hall–Kier alpha value is -0.500. The van der Waals surface area contributed by atoms with Crippen LogP contribution in [0.5, 0.6) is 0 Å². The molecule has 0 saturated carbocycles. The average Bonchev–Trinajstić information content (AvgIpc) is 2.35. The molecule has 0 radical (unpaired) electrons. The van der Waals surface area contributed by atoms with Crippen molar-refractivity contribution < 1.29 is 17.0 Å². The van der Waals surface area contributed by atoms with Crippen molar-refractivity contribution in [3.05, 3.63) is 18.2 Å². The van der Waals surface area contributed by atoms with Crippen LogP contribution in [0.4, 0.5) is 0 Å². The molecule has 2 rings (SSSR count). The van der Waals surface area contributed by atoms with E-state index in [0.717, 1.165) is 0 Å². The minimum absolute atomic E-state index is 0. The van der Waals surface area contributed by atoms with Crippen LogP contribution in [0.1, 0.15) is 12.2 Å². The SMILES string of the molecule is C[n+]1ccn2c1CCC2.[Cl-]. The molecule has 0 bridgehead atoms. The van der Waals surface area contributed by atoms with E-state index in [4.69, 9.17) is 0 Å². The highest BCUT2D eigenvalue weighted by molar-refractivity contribution is 4.88. The lowest BCUT2D eigenvalue weighted by molar-refractivity contribution is -0.678. The lowest BCUT2D eigenvalue weighted by atomic mass is 10.4. The molecular formula is C7H11ClN2. The Bertz CT molecular complexity index is 230. The average molecular weight is 159 g/mol. The molecule has 56 valence electrons. The molecule has 1 aromatic heterocycles. The normalized spacial score (nSPS) is 14.5.